The molecule has 4 heteroatoms. The molecule has 2 aliphatic carbocycles. The van der Waals surface area contributed by atoms with Crippen LogP contribution in [0.25, 0.3) is 0 Å². The van der Waals surface area contributed by atoms with Gasteiger partial charge in [-0.1, -0.05) is 31.0 Å². The van der Waals surface area contributed by atoms with Crippen LogP contribution in [0.15, 0.2) is 16.4 Å². The highest BCUT2D eigenvalue weighted by molar-refractivity contribution is 8.13. The molecule has 1 N–H and O–H groups in total. The molecule has 0 bridgehead atoms. The maximum absolute atomic E-state index is 4.93. The molecule has 1 fully saturated rings. The summed E-state index contributed by atoms with van der Waals surface area (Å²) in [5, 5.41) is 7.19. The first kappa shape index (κ1) is 14.1. The summed E-state index contributed by atoms with van der Waals surface area (Å²) in [5.74, 6) is 1.28. The SMILES string of the molecule is c1cc2c(s1)CCCC2NC1=NCC2(CCCCC2)CS1. The van der Waals surface area contributed by atoms with E-state index in [4.69, 9.17) is 4.99 Å². The fourth-order valence-corrected chi connectivity index (χ4v) is 6.22. The second kappa shape index (κ2) is 5.96. The minimum absolute atomic E-state index is 0.506. The number of thiophene rings is 1. The number of fused-ring (bicyclic) bond motifs is 1. The van der Waals surface area contributed by atoms with E-state index in [0.717, 1.165) is 6.54 Å². The summed E-state index contributed by atoms with van der Waals surface area (Å²) in [5.41, 5.74) is 2.07. The monoisotopic (exact) mass is 320 g/mol. The van der Waals surface area contributed by atoms with E-state index in [-0.39, 0.29) is 0 Å². The lowest BCUT2D eigenvalue weighted by molar-refractivity contribution is 0.232. The maximum atomic E-state index is 4.93. The maximum Gasteiger partial charge on any atom is 0.157 e. The van der Waals surface area contributed by atoms with Crippen LogP contribution in [0.1, 0.15) is 61.4 Å². The van der Waals surface area contributed by atoms with E-state index in [9.17, 15) is 0 Å². The fourth-order valence-electron chi connectivity index (χ4n) is 4.03. The lowest BCUT2D eigenvalue weighted by Gasteiger charge is -2.39. The number of nitrogens with zero attached hydrogens (tertiary/aromatic N) is 1. The fraction of sp³-hybridized carbons (Fsp3) is 0.706. The zero-order chi connectivity index (χ0) is 14.1. The molecule has 3 aliphatic rings. The zero-order valence-corrected chi connectivity index (χ0v) is 14.2. The number of amidine groups is 1. The molecule has 0 amide bonds. The number of thioether (sulfide) groups is 1. The van der Waals surface area contributed by atoms with Gasteiger partial charge in [0.25, 0.3) is 0 Å². The molecule has 1 aromatic heterocycles. The Morgan fingerprint density at radius 2 is 2.10 bits per heavy atom. The summed E-state index contributed by atoms with van der Waals surface area (Å²) in [6.45, 7) is 1.06. The van der Waals surface area contributed by atoms with Crippen molar-refractivity contribution in [3.63, 3.8) is 0 Å². The van der Waals surface area contributed by atoms with E-state index in [1.54, 1.807) is 4.88 Å². The largest absolute Gasteiger partial charge is 0.358 e. The van der Waals surface area contributed by atoms with Gasteiger partial charge < -0.3 is 5.32 Å². The summed E-state index contributed by atoms with van der Waals surface area (Å²) in [6.07, 6.45) is 10.9. The van der Waals surface area contributed by atoms with E-state index in [0.29, 0.717) is 11.5 Å². The van der Waals surface area contributed by atoms with Crippen LogP contribution in [0.2, 0.25) is 0 Å². The molecule has 1 aromatic rings. The molecule has 0 aromatic carbocycles. The van der Waals surface area contributed by atoms with Crippen LogP contribution in [-0.2, 0) is 6.42 Å². The Kier molecular flexibility index (Phi) is 4.01. The highest BCUT2D eigenvalue weighted by Gasteiger charge is 2.35. The Morgan fingerprint density at radius 1 is 1.19 bits per heavy atom. The van der Waals surface area contributed by atoms with Crippen LogP contribution in [0, 0.1) is 5.41 Å². The van der Waals surface area contributed by atoms with Crippen LogP contribution in [-0.4, -0.2) is 17.5 Å². The topological polar surface area (TPSA) is 24.4 Å². The lowest BCUT2D eigenvalue weighted by atomic mass is 9.75. The van der Waals surface area contributed by atoms with Crippen molar-refractivity contribution < 1.29 is 0 Å². The van der Waals surface area contributed by atoms with Crippen LogP contribution >= 0.6 is 23.1 Å². The normalized spacial score (nSPS) is 28.0. The van der Waals surface area contributed by atoms with Gasteiger partial charge in [0.1, 0.15) is 0 Å². The average Bonchev–Trinajstić information content (AvgIpc) is 3.00. The van der Waals surface area contributed by atoms with Gasteiger partial charge in [-0.3, -0.25) is 4.99 Å². The van der Waals surface area contributed by atoms with E-state index >= 15 is 0 Å². The molecule has 2 nitrogen and oxygen atoms in total. The Morgan fingerprint density at radius 3 is 2.90 bits per heavy atom. The summed E-state index contributed by atoms with van der Waals surface area (Å²) in [4.78, 5) is 6.52. The smallest absolute Gasteiger partial charge is 0.157 e. The van der Waals surface area contributed by atoms with E-state index in [2.05, 4.69) is 16.8 Å². The van der Waals surface area contributed by atoms with E-state index < -0.39 is 0 Å². The van der Waals surface area contributed by atoms with Gasteiger partial charge >= 0.3 is 0 Å². The predicted octanol–water partition coefficient (Wildman–Crippen LogP) is 4.77. The first-order valence-electron chi connectivity index (χ1n) is 8.35. The second-order valence-corrected chi connectivity index (χ2v) is 8.82. The van der Waals surface area contributed by atoms with Gasteiger partial charge in [-0.25, -0.2) is 0 Å². The molecule has 21 heavy (non-hydrogen) atoms. The summed E-state index contributed by atoms with van der Waals surface area (Å²) < 4.78 is 0. The molecule has 0 radical (unpaired) electrons. The number of nitrogens with one attached hydrogen (secondary N) is 1. The van der Waals surface area contributed by atoms with Gasteiger partial charge in [0.15, 0.2) is 5.17 Å². The molecule has 0 saturated heterocycles. The quantitative estimate of drug-likeness (QED) is 0.806. The van der Waals surface area contributed by atoms with Gasteiger partial charge in [-0.15, -0.1) is 11.3 Å². The first-order valence-corrected chi connectivity index (χ1v) is 10.2. The molecule has 1 spiro atoms. The number of rotatable bonds is 1. The minimum Gasteiger partial charge on any atom is -0.358 e. The molecule has 2 heterocycles. The number of aryl methyl sites for hydroxylation is 1. The Labute approximate surface area is 135 Å². The van der Waals surface area contributed by atoms with Crippen molar-refractivity contribution in [2.75, 3.05) is 12.3 Å². The first-order chi connectivity index (χ1) is 10.3. The Balaban J connectivity index is 1.43. The molecule has 1 aliphatic heterocycles. The van der Waals surface area contributed by atoms with E-state index in [1.807, 2.05) is 23.1 Å². The van der Waals surface area contributed by atoms with Crippen LogP contribution in [0.3, 0.4) is 0 Å². The predicted molar refractivity (Wildman–Crippen MR) is 93.4 cm³/mol. The van der Waals surface area contributed by atoms with Crippen molar-refractivity contribution in [3.8, 4) is 0 Å². The van der Waals surface area contributed by atoms with Crippen molar-refractivity contribution in [1.82, 2.24) is 5.32 Å². The lowest BCUT2D eigenvalue weighted by Crippen LogP contribution is -2.38. The Hall–Kier alpha value is -0.480. The number of hydrogen-bond donors (Lipinski definition) is 1. The second-order valence-electron chi connectivity index (χ2n) is 6.86. The third-order valence-electron chi connectivity index (χ3n) is 5.34. The van der Waals surface area contributed by atoms with Crippen molar-refractivity contribution >= 4 is 28.3 Å². The van der Waals surface area contributed by atoms with Gasteiger partial charge in [0, 0.05) is 17.2 Å². The highest BCUT2D eigenvalue weighted by Crippen LogP contribution is 2.42. The average molecular weight is 321 g/mol. The van der Waals surface area contributed by atoms with Gasteiger partial charge in [-0.2, -0.15) is 0 Å². The highest BCUT2D eigenvalue weighted by atomic mass is 32.2. The Bertz CT molecular complexity index is 529. The molecule has 1 unspecified atom stereocenters. The van der Waals surface area contributed by atoms with Crippen molar-refractivity contribution in [2.45, 2.75) is 57.4 Å². The molecule has 1 saturated carbocycles. The molecule has 4 rings (SSSR count). The van der Waals surface area contributed by atoms with Crippen LogP contribution in [0.4, 0.5) is 0 Å². The van der Waals surface area contributed by atoms with Gasteiger partial charge in [-0.05, 0) is 54.5 Å². The zero-order valence-electron chi connectivity index (χ0n) is 12.6. The summed E-state index contributed by atoms with van der Waals surface area (Å²) in [6, 6.07) is 2.82. The third kappa shape index (κ3) is 2.89. The molecular formula is C17H24N2S2. The standard InChI is InChI=1S/C17H24N2S2/c1-2-8-17(9-3-1)11-18-16(21-12-17)19-14-5-4-6-15-13(14)7-10-20-15/h7,10,14H,1-6,8-9,11-12H2,(H,18,19). The molecule has 1 atom stereocenters. The van der Waals surface area contributed by atoms with E-state index in [1.165, 1.54) is 67.9 Å². The summed E-state index contributed by atoms with van der Waals surface area (Å²) in [7, 11) is 0. The van der Waals surface area contributed by atoms with Crippen molar-refractivity contribution in [1.29, 1.82) is 0 Å². The molecule has 114 valence electrons. The van der Waals surface area contributed by atoms with Gasteiger partial charge in [0.2, 0.25) is 0 Å². The van der Waals surface area contributed by atoms with Crippen LogP contribution < -0.4 is 5.32 Å². The number of hydrogen-bond acceptors (Lipinski definition) is 4. The number of aliphatic imine (C=N–C) groups is 1. The molecular weight excluding hydrogens is 296 g/mol. The van der Waals surface area contributed by atoms with Gasteiger partial charge in [0.05, 0.1) is 6.04 Å². The van der Waals surface area contributed by atoms with Crippen molar-refractivity contribution in [2.24, 2.45) is 10.4 Å². The van der Waals surface area contributed by atoms with Crippen molar-refractivity contribution in [3.05, 3.63) is 21.9 Å². The van der Waals surface area contributed by atoms with Crippen LogP contribution in [0.5, 0.6) is 0 Å². The minimum atomic E-state index is 0.506. The summed E-state index contributed by atoms with van der Waals surface area (Å²) >= 11 is 3.90. The third-order valence-corrected chi connectivity index (χ3v) is 7.61.